The maximum Gasteiger partial charge on any atom is 0.254 e. The van der Waals surface area contributed by atoms with Crippen molar-refractivity contribution in [3.63, 3.8) is 0 Å². The Labute approximate surface area is 163 Å². The third-order valence-electron chi connectivity index (χ3n) is 4.63. The van der Waals surface area contributed by atoms with Crippen molar-refractivity contribution in [3.05, 3.63) is 52.8 Å². The molecule has 0 saturated carbocycles. The number of nitrogens with one attached hydrogen (secondary N) is 1. The molecule has 1 N–H and O–H groups in total. The molecule has 1 amide bonds. The molecule has 0 unspecified atom stereocenters. The van der Waals surface area contributed by atoms with E-state index in [0.717, 1.165) is 18.5 Å². The zero-order valence-electron chi connectivity index (χ0n) is 15.3. The molecular formula is C20H22ClFN2O3. The van der Waals surface area contributed by atoms with E-state index in [4.69, 9.17) is 21.1 Å². The van der Waals surface area contributed by atoms with Crippen LogP contribution in [0.5, 0.6) is 11.5 Å². The highest BCUT2D eigenvalue weighted by molar-refractivity contribution is 6.30. The SMILES string of the molecule is COc1ccc(N[C@@H]2CCCN(C(=O)c3ccc(Cl)c(F)c3)C2)cc1OC. The summed E-state index contributed by atoms with van der Waals surface area (Å²) in [5, 5.41) is 3.45. The smallest absolute Gasteiger partial charge is 0.254 e. The van der Waals surface area contributed by atoms with Crippen LogP contribution in [0, 0.1) is 5.82 Å². The molecule has 0 radical (unpaired) electrons. The standard InChI is InChI=1S/C20H22ClFN2O3/c1-26-18-8-6-14(11-19(18)27-2)23-15-4-3-9-24(12-15)20(25)13-5-7-16(21)17(22)10-13/h5-8,10-11,15,23H,3-4,9,12H2,1-2H3/t15-/m1/s1. The molecule has 7 heteroatoms. The van der Waals surface area contributed by atoms with Gasteiger partial charge in [0, 0.05) is 36.4 Å². The van der Waals surface area contributed by atoms with E-state index in [0.29, 0.717) is 30.2 Å². The molecule has 0 spiro atoms. The zero-order chi connectivity index (χ0) is 19.4. The van der Waals surface area contributed by atoms with Gasteiger partial charge in [-0.2, -0.15) is 0 Å². The number of benzene rings is 2. The number of piperidine rings is 1. The molecule has 1 fully saturated rings. The fraction of sp³-hybridized carbons (Fsp3) is 0.350. The first kappa shape index (κ1) is 19.3. The Morgan fingerprint density at radius 1 is 1.19 bits per heavy atom. The summed E-state index contributed by atoms with van der Waals surface area (Å²) in [5.41, 5.74) is 1.20. The number of hydrogen-bond acceptors (Lipinski definition) is 4. The number of halogens is 2. The Hall–Kier alpha value is -2.47. The lowest BCUT2D eigenvalue weighted by atomic mass is 10.0. The van der Waals surface area contributed by atoms with E-state index in [2.05, 4.69) is 5.32 Å². The van der Waals surface area contributed by atoms with Gasteiger partial charge in [-0.05, 0) is 43.2 Å². The molecule has 1 saturated heterocycles. The Balaban J connectivity index is 1.68. The van der Waals surface area contributed by atoms with Crippen molar-refractivity contribution in [2.75, 3.05) is 32.6 Å². The van der Waals surface area contributed by atoms with Gasteiger partial charge >= 0.3 is 0 Å². The van der Waals surface area contributed by atoms with Crippen LogP contribution in [0.15, 0.2) is 36.4 Å². The monoisotopic (exact) mass is 392 g/mol. The topological polar surface area (TPSA) is 50.8 Å². The van der Waals surface area contributed by atoms with Crippen LogP contribution >= 0.6 is 11.6 Å². The first-order chi connectivity index (χ1) is 13.0. The highest BCUT2D eigenvalue weighted by Gasteiger charge is 2.25. The van der Waals surface area contributed by atoms with Gasteiger partial charge in [0.1, 0.15) is 5.82 Å². The summed E-state index contributed by atoms with van der Waals surface area (Å²) in [7, 11) is 3.18. The normalized spacial score (nSPS) is 16.7. The minimum atomic E-state index is -0.584. The lowest BCUT2D eigenvalue weighted by Gasteiger charge is -2.34. The van der Waals surface area contributed by atoms with Crippen LogP contribution in [0.3, 0.4) is 0 Å². The largest absolute Gasteiger partial charge is 0.493 e. The second-order valence-electron chi connectivity index (χ2n) is 6.43. The lowest BCUT2D eigenvalue weighted by molar-refractivity contribution is 0.0714. The fourth-order valence-corrected chi connectivity index (χ4v) is 3.37. The zero-order valence-corrected chi connectivity index (χ0v) is 16.1. The van der Waals surface area contributed by atoms with Crippen LogP contribution in [0.1, 0.15) is 23.2 Å². The van der Waals surface area contributed by atoms with Gasteiger partial charge in [-0.1, -0.05) is 11.6 Å². The van der Waals surface area contributed by atoms with Crippen LogP contribution in [0.4, 0.5) is 10.1 Å². The van der Waals surface area contributed by atoms with Crippen molar-refractivity contribution in [1.29, 1.82) is 0 Å². The fourth-order valence-electron chi connectivity index (χ4n) is 3.25. The van der Waals surface area contributed by atoms with E-state index in [-0.39, 0.29) is 17.0 Å². The van der Waals surface area contributed by atoms with Gasteiger partial charge in [-0.15, -0.1) is 0 Å². The first-order valence-electron chi connectivity index (χ1n) is 8.74. The summed E-state index contributed by atoms with van der Waals surface area (Å²) in [6, 6.07) is 9.87. The highest BCUT2D eigenvalue weighted by Crippen LogP contribution is 2.30. The predicted octanol–water partition coefficient (Wildman–Crippen LogP) is 4.21. The lowest BCUT2D eigenvalue weighted by Crippen LogP contribution is -2.45. The molecule has 3 rings (SSSR count). The number of rotatable bonds is 5. The van der Waals surface area contributed by atoms with Crippen molar-refractivity contribution in [2.24, 2.45) is 0 Å². The van der Waals surface area contributed by atoms with Crippen molar-refractivity contribution < 1.29 is 18.7 Å². The van der Waals surface area contributed by atoms with Gasteiger partial charge < -0.3 is 19.7 Å². The number of amides is 1. The number of hydrogen-bond donors (Lipinski definition) is 1. The number of methoxy groups -OCH3 is 2. The Morgan fingerprint density at radius 3 is 2.67 bits per heavy atom. The summed E-state index contributed by atoms with van der Waals surface area (Å²) in [4.78, 5) is 14.4. The highest BCUT2D eigenvalue weighted by atomic mass is 35.5. The Morgan fingerprint density at radius 2 is 1.96 bits per heavy atom. The van der Waals surface area contributed by atoms with Gasteiger partial charge in [0.05, 0.1) is 19.2 Å². The van der Waals surface area contributed by atoms with Gasteiger partial charge in [0.2, 0.25) is 0 Å². The minimum absolute atomic E-state index is 0.0122. The number of nitrogens with zero attached hydrogens (tertiary/aromatic N) is 1. The van der Waals surface area contributed by atoms with Gasteiger partial charge in [0.25, 0.3) is 5.91 Å². The Bertz CT molecular complexity index is 831. The molecule has 1 atom stereocenters. The van der Waals surface area contributed by atoms with Crippen LogP contribution in [-0.4, -0.2) is 44.2 Å². The third kappa shape index (κ3) is 4.45. The third-order valence-corrected chi connectivity index (χ3v) is 4.94. The van der Waals surface area contributed by atoms with E-state index in [9.17, 15) is 9.18 Å². The maximum atomic E-state index is 13.7. The van der Waals surface area contributed by atoms with E-state index in [1.807, 2.05) is 18.2 Å². The van der Waals surface area contributed by atoms with E-state index in [1.165, 1.54) is 12.1 Å². The molecule has 0 aliphatic carbocycles. The molecule has 0 bridgehead atoms. The second-order valence-corrected chi connectivity index (χ2v) is 6.84. The van der Waals surface area contributed by atoms with Crippen LogP contribution in [0.25, 0.3) is 0 Å². The number of likely N-dealkylation sites (tertiary alicyclic amines) is 1. The quantitative estimate of drug-likeness (QED) is 0.828. The molecule has 2 aromatic rings. The van der Waals surface area contributed by atoms with Crippen LogP contribution in [-0.2, 0) is 0 Å². The summed E-state index contributed by atoms with van der Waals surface area (Å²) >= 11 is 5.70. The average Bonchev–Trinajstić information content (AvgIpc) is 2.69. The molecule has 1 heterocycles. The summed E-state index contributed by atoms with van der Waals surface area (Å²) < 4.78 is 24.2. The number of ether oxygens (including phenoxy) is 2. The van der Waals surface area contributed by atoms with Gasteiger partial charge in [0.15, 0.2) is 11.5 Å². The summed E-state index contributed by atoms with van der Waals surface area (Å²) in [6.45, 7) is 1.19. The van der Waals surface area contributed by atoms with Crippen molar-refractivity contribution >= 4 is 23.2 Å². The van der Waals surface area contributed by atoms with Crippen LogP contribution in [0.2, 0.25) is 5.02 Å². The van der Waals surface area contributed by atoms with Crippen LogP contribution < -0.4 is 14.8 Å². The predicted molar refractivity (Wildman–Crippen MR) is 104 cm³/mol. The van der Waals surface area contributed by atoms with E-state index >= 15 is 0 Å². The number of carbonyl (C=O) groups excluding carboxylic acids is 1. The second kappa shape index (κ2) is 8.48. The average molecular weight is 393 g/mol. The maximum absolute atomic E-state index is 13.7. The molecule has 1 aliphatic heterocycles. The molecular weight excluding hydrogens is 371 g/mol. The molecule has 27 heavy (non-hydrogen) atoms. The van der Waals surface area contributed by atoms with Gasteiger partial charge in [-0.25, -0.2) is 4.39 Å². The van der Waals surface area contributed by atoms with Gasteiger partial charge in [-0.3, -0.25) is 4.79 Å². The summed E-state index contributed by atoms with van der Waals surface area (Å²) in [5.74, 6) is 0.528. The number of carbonyl (C=O) groups is 1. The minimum Gasteiger partial charge on any atom is -0.493 e. The van der Waals surface area contributed by atoms with Crippen molar-refractivity contribution in [1.82, 2.24) is 4.90 Å². The Kier molecular flexibility index (Phi) is 6.06. The first-order valence-corrected chi connectivity index (χ1v) is 9.12. The molecule has 5 nitrogen and oxygen atoms in total. The van der Waals surface area contributed by atoms with Crippen molar-refractivity contribution in [3.8, 4) is 11.5 Å². The van der Waals surface area contributed by atoms with E-state index in [1.54, 1.807) is 25.2 Å². The molecule has 144 valence electrons. The van der Waals surface area contributed by atoms with E-state index < -0.39 is 5.82 Å². The molecule has 2 aromatic carbocycles. The number of anilines is 1. The van der Waals surface area contributed by atoms with Crippen molar-refractivity contribution in [2.45, 2.75) is 18.9 Å². The molecule has 0 aromatic heterocycles. The molecule has 1 aliphatic rings. The summed E-state index contributed by atoms with van der Waals surface area (Å²) in [6.07, 6.45) is 1.81.